The lowest BCUT2D eigenvalue weighted by Crippen LogP contribution is -2.21. The average molecular weight is 499 g/mol. The van der Waals surface area contributed by atoms with Crippen LogP contribution in [0.2, 0.25) is 0 Å². The summed E-state index contributed by atoms with van der Waals surface area (Å²) in [6, 6.07) is 11.5. The normalized spacial score (nSPS) is 11.4. The Balaban J connectivity index is 1.93. The van der Waals surface area contributed by atoms with Crippen LogP contribution in [0.25, 0.3) is 0 Å². The van der Waals surface area contributed by atoms with Crippen molar-refractivity contribution in [2.75, 3.05) is 17.3 Å². The summed E-state index contributed by atoms with van der Waals surface area (Å²) in [6.45, 7) is -0.278. The Labute approximate surface area is 179 Å². The standard InChI is InChI=1S/C18H16BrFN4O3S2/c1-28-18-16(29(26,27)12-8-6-11(20)7-9-12)17(21)24(23-18)10-15(25)22-14-5-3-2-4-13(14)19/h2-9H,10,21H2,1H3,(H,22,25). The molecule has 0 aliphatic heterocycles. The lowest BCUT2D eigenvalue weighted by atomic mass is 10.3. The lowest BCUT2D eigenvalue weighted by Gasteiger charge is -2.09. The van der Waals surface area contributed by atoms with Crippen molar-refractivity contribution in [1.29, 1.82) is 0 Å². The Morgan fingerprint density at radius 3 is 2.52 bits per heavy atom. The average Bonchev–Trinajstić information content (AvgIpc) is 3.00. The van der Waals surface area contributed by atoms with Gasteiger partial charge in [0.2, 0.25) is 15.7 Å². The van der Waals surface area contributed by atoms with Gasteiger partial charge in [-0.15, -0.1) is 11.8 Å². The summed E-state index contributed by atoms with van der Waals surface area (Å²) in [7, 11) is -4.04. The van der Waals surface area contributed by atoms with E-state index in [0.29, 0.717) is 10.2 Å². The number of anilines is 2. The maximum atomic E-state index is 13.2. The molecular formula is C18H16BrFN4O3S2. The number of carbonyl (C=O) groups is 1. The van der Waals surface area contributed by atoms with Crippen molar-refractivity contribution >= 4 is 54.9 Å². The second-order valence-electron chi connectivity index (χ2n) is 5.87. The molecule has 0 fully saturated rings. The SMILES string of the molecule is CSc1nn(CC(=O)Nc2ccccc2Br)c(N)c1S(=O)(=O)c1ccc(F)cc1. The molecule has 3 rings (SSSR count). The summed E-state index contributed by atoms with van der Waals surface area (Å²) >= 11 is 4.42. The fraction of sp³-hybridized carbons (Fsp3) is 0.111. The number of nitrogen functional groups attached to an aromatic ring is 1. The van der Waals surface area contributed by atoms with E-state index < -0.39 is 21.6 Å². The highest BCUT2D eigenvalue weighted by Crippen LogP contribution is 2.34. The Bertz CT molecular complexity index is 1160. The number of sulfone groups is 1. The summed E-state index contributed by atoms with van der Waals surface area (Å²) in [6.07, 6.45) is 1.65. The van der Waals surface area contributed by atoms with E-state index in [0.717, 1.165) is 40.7 Å². The number of carbonyl (C=O) groups excluding carboxylic acids is 1. The van der Waals surface area contributed by atoms with E-state index in [4.69, 9.17) is 5.73 Å². The molecule has 0 saturated carbocycles. The molecule has 0 bridgehead atoms. The fourth-order valence-electron chi connectivity index (χ4n) is 2.56. The largest absolute Gasteiger partial charge is 0.383 e. The molecule has 0 spiro atoms. The van der Waals surface area contributed by atoms with Crippen molar-refractivity contribution in [3.8, 4) is 0 Å². The molecule has 0 aliphatic rings. The molecular weight excluding hydrogens is 483 g/mol. The zero-order valence-electron chi connectivity index (χ0n) is 15.1. The molecule has 3 aromatic rings. The highest BCUT2D eigenvalue weighted by Gasteiger charge is 2.29. The van der Waals surface area contributed by atoms with E-state index in [9.17, 15) is 17.6 Å². The first kappa shape index (κ1) is 21.3. The van der Waals surface area contributed by atoms with E-state index in [2.05, 4.69) is 26.3 Å². The number of nitrogens with one attached hydrogen (secondary N) is 1. The van der Waals surface area contributed by atoms with Crippen LogP contribution in [0.3, 0.4) is 0 Å². The minimum absolute atomic E-state index is 0.113. The number of rotatable bonds is 6. The van der Waals surface area contributed by atoms with Crippen LogP contribution in [0.4, 0.5) is 15.9 Å². The lowest BCUT2D eigenvalue weighted by molar-refractivity contribution is -0.116. The minimum Gasteiger partial charge on any atom is -0.383 e. The summed E-state index contributed by atoms with van der Waals surface area (Å²) in [5.74, 6) is -1.15. The molecule has 7 nitrogen and oxygen atoms in total. The zero-order valence-corrected chi connectivity index (χ0v) is 18.3. The van der Waals surface area contributed by atoms with Gasteiger partial charge in [0.25, 0.3) is 0 Å². The number of nitrogens with zero attached hydrogens (tertiary/aromatic N) is 2. The van der Waals surface area contributed by atoms with Crippen molar-refractivity contribution < 1.29 is 17.6 Å². The number of amides is 1. The molecule has 0 radical (unpaired) electrons. The van der Waals surface area contributed by atoms with Crippen LogP contribution < -0.4 is 11.1 Å². The Hall–Kier alpha value is -2.37. The second kappa shape index (κ2) is 8.56. The third kappa shape index (κ3) is 4.46. The van der Waals surface area contributed by atoms with E-state index in [-0.39, 0.29) is 27.2 Å². The molecule has 1 aromatic heterocycles. The van der Waals surface area contributed by atoms with Gasteiger partial charge in [-0.25, -0.2) is 17.5 Å². The topological polar surface area (TPSA) is 107 Å². The van der Waals surface area contributed by atoms with Gasteiger partial charge in [0.15, 0.2) is 0 Å². The predicted molar refractivity (Wildman–Crippen MR) is 113 cm³/mol. The van der Waals surface area contributed by atoms with Crippen molar-refractivity contribution in [1.82, 2.24) is 9.78 Å². The van der Waals surface area contributed by atoms with Crippen LogP contribution in [0, 0.1) is 5.82 Å². The number of hydrogen-bond acceptors (Lipinski definition) is 6. The first-order valence-electron chi connectivity index (χ1n) is 8.19. The Kier molecular flexibility index (Phi) is 6.30. The van der Waals surface area contributed by atoms with Crippen LogP contribution in [-0.4, -0.2) is 30.4 Å². The molecule has 0 unspecified atom stereocenters. The third-order valence-corrected chi connectivity index (χ3v) is 7.27. The molecule has 0 aliphatic carbocycles. The molecule has 152 valence electrons. The van der Waals surface area contributed by atoms with Crippen LogP contribution in [0.5, 0.6) is 0 Å². The van der Waals surface area contributed by atoms with Crippen molar-refractivity contribution in [2.24, 2.45) is 0 Å². The Morgan fingerprint density at radius 1 is 1.24 bits per heavy atom. The maximum absolute atomic E-state index is 13.2. The van der Waals surface area contributed by atoms with E-state index >= 15 is 0 Å². The molecule has 29 heavy (non-hydrogen) atoms. The number of thioether (sulfide) groups is 1. The van der Waals surface area contributed by atoms with Crippen molar-refractivity contribution in [2.45, 2.75) is 21.4 Å². The smallest absolute Gasteiger partial charge is 0.246 e. The summed E-state index contributed by atoms with van der Waals surface area (Å²) in [5, 5.41) is 7.03. The molecule has 1 amide bonds. The fourth-order valence-corrected chi connectivity index (χ4v) is 5.38. The summed E-state index contributed by atoms with van der Waals surface area (Å²) < 4.78 is 41.0. The van der Waals surface area contributed by atoms with Crippen LogP contribution in [0.1, 0.15) is 0 Å². The van der Waals surface area contributed by atoms with Gasteiger partial charge in [-0.1, -0.05) is 12.1 Å². The highest BCUT2D eigenvalue weighted by molar-refractivity contribution is 9.10. The quantitative estimate of drug-likeness (QED) is 0.397. The summed E-state index contributed by atoms with van der Waals surface area (Å²) in [5.41, 5.74) is 6.61. The monoisotopic (exact) mass is 498 g/mol. The zero-order chi connectivity index (χ0) is 21.2. The first-order valence-corrected chi connectivity index (χ1v) is 11.7. The van der Waals surface area contributed by atoms with Gasteiger partial charge in [-0.05, 0) is 58.6 Å². The number of halogens is 2. The van der Waals surface area contributed by atoms with Gasteiger partial charge >= 0.3 is 0 Å². The van der Waals surface area contributed by atoms with Gasteiger partial charge in [0, 0.05) is 4.47 Å². The molecule has 0 atom stereocenters. The number of nitrogens with two attached hydrogens (primary N) is 1. The van der Waals surface area contributed by atoms with E-state index in [1.165, 1.54) is 0 Å². The first-order chi connectivity index (χ1) is 13.7. The number of para-hydroxylation sites is 1. The second-order valence-corrected chi connectivity index (χ2v) is 9.40. The highest BCUT2D eigenvalue weighted by atomic mass is 79.9. The molecule has 1 heterocycles. The van der Waals surface area contributed by atoms with Gasteiger partial charge in [-0.3, -0.25) is 4.79 Å². The van der Waals surface area contributed by atoms with E-state index in [1.807, 2.05) is 6.07 Å². The number of benzene rings is 2. The minimum atomic E-state index is -4.04. The maximum Gasteiger partial charge on any atom is 0.246 e. The number of aromatic nitrogens is 2. The van der Waals surface area contributed by atoms with Gasteiger partial charge < -0.3 is 11.1 Å². The molecule has 3 N–H and O–H groups in total. The Morgan fingerprint density at radius 2 is 1.90 bits per heavy atom. The van der Waals surface area contributed by atoms with Gasteiger partial charge in [-0.2, -0.15) is 5.10 Å². The number of hydrogen-bond donors (Lipinski definition) is 2. The summed E-state index contributed by atoms with van der Waals surface area (Å²) in [4.78, 5) is 12.1. The van der Waals surface area contributed by atoms with Crippen molar-refractivity contribution in [3.63, 3.8) is 0 Å². The third-order valence-electron chi connectivity index (χ3n) is 3.94. The van der Waals surface area contributed by atoms with Gasteiger partial charge in [0.1, 0.15) is 28.1 Å². The van der Waals surface area contributed by atoms with Crippen LogP contribution >= 0.6 is 27.7 Å². The van der Waals surface area contributed by atoms with Crippen LogP contribution in [0.15, 0.2) is 67.8 Å². The molecule has 0 saturated heterocycles. The molecule has 11 heteroatoms. The van der Waals surface area contributed by atoms with Crippen molar-refractivity contribution in [3.05, 3.63) is 58.8 Å². The predicted octanol–water partition coefficient (Wildman–Crippen LogP) is 3.56. The van der Waals surface area contributed by atoms with E-state index in [1.54, 1.807) is 24.5 Å². The molecule has 2 aromatic carbocycles. The van der Waals surface area contributed by atoms with Crippen LogP contribution in [-0.2, 0) is 21.2 Å². The van der Waals surface area contributed by atoms with Gasteiger partial charge in [0.05, 0.1) is 10.6 Å².